The van der Waals surface area contributed by atoms with Gasteiger partial charge in [-0.15, -0.1) is 0 Å². The molecule has 4 heteroatoms. The van der Waals surface area contributed by atoms with Crippen molar-refractivity contribution in [2.45, 2.75) is 19.8 Å². The molecule has 0 saturated heterocycles. The molecule has 0 radical (unpaired) electrons. The average molecular weight is 356 g/mol. The van der Waals surface area contributed by atoms with Crippen LogP contribution in [0.25, 0.3) is 22.6 Å². The van der Waals surface area contributed by atoms with Crippen molar-refractivity contribution in [3.05, 3.63) is 83.9 Å². The first-order valence-electron chi connectivity index (χ1n) is 8.97. The number of anilines is 1. The van der Waals surface area contributed by atoms with Gasteiger partial charge in [0.1, 0.15) is 5.52 Å². The van der Waals surface area contributed by atoms with Crippen molar-refractivity contribution in [2.75, 3.05) is 5.32 Å². The summed E-state index contributed by atoms with van der Waals surface area (Å²) in [5.74, 6) is 0.862. The maximum Gasteiger partial charge on any atom is 0.255 e. The normalized spacial score (nSPS) is 11.1. The fraction of sp³-hybridized carbons (Fsp3) is 0.130. The second-order valence-corrected chi connectivity index (χ2v) is 6.80. The molecule has 0 unspecified atom stereocenters. The van der Waals surface area contributed by atoms with Crippen LogP contribution >= 0.6 is 0 Å². The van der Waals surface area contributed by atoms with E-state index in [1.807, 2.05) is 66.7 Å². The van der Waals surface area contributed by atoms with Crippen LogP contribution in [0.5, 0.6) is 0 Å². The van der Waals surface area contributed by atoms with Crippen molar-refractivity contribution >= 4 is 22.7 Å². The summed E-state index contributed by atoms with van der Waals surface area (Å²) in [4.78, 5) is 17.0. The van der Waals surface area contributed by atoms with Crippen molar-refractivity contribution in [3.63, 3.8) is 0 Å². The molecule has 1 heterocycles. The molecule has 0 aliphatic rings. The highest BCUT2D eigenvalue weighted by Gasteiger charge is 2.11. The van der Waals surface area contributed by atoms with E-state index in [1.54, 1.807) is 6.07 Å². The van der Waals surface area contributed by atoms with Crippen LogP contribution in [0.2, 0.25) is 0 Å². The van der Waals surface area contributed by atoms with Crippen LogP contribution in [0.1, 0.15) is 35.7 Å². The molecule has 4 rings (SSSR count). The lowest BCUT2D eigenvalue weighted by Crippen LogP contribution is -2.11. The van der Waals surface area contributed by atoms with Crippen molar-refractivity contribution in [1.82, 2.24) is 4.98 Å². The summed E-state index contributed by atoms with van der Waals surface area (Å²) in [5.41, 5.74) is 4.83. The van der Waals surface area contributed by atoms with Crippen LogP contribution in [-0.4, -0.2) is 10.9 Å². The van der Waals surface area contributed by atoms with Crippen molar-refractivity contribution in [1.29, 1.82) is 0 Å². The molecule has 0 aliphatic heterocycles. The smallest absolute Gasteiger partial charge is 0.255 e. The molecule has 3 aromatic carbocycles. The molecule has 0 saturated carbocycles. The van der Waals surface area contributed by atoms with Gasteiger partial charge >= 0.3 is 0 Å². The standard InChI is InChI=1S/C23H20N2O2/c1-15(2)16-8-10-17(11-9-16)22(26)24-19-12-13-20-21(14-19)27-23(25-20)18-6-4-3-5-7-18/h3-15H,1-2H3,(H,24,26). The predicted molar refractivity (Wildman–Crippen MR) is 108 cm³/mol. The number of oxazole rings is 1. The van der Waals surface area contributed by atoms with Crippen LogP contribution < -0.4 is 5.32 Å². The van der Waals surface area contributed by atoms with Crippen LogP contribution in [-0.2, 0) is 0 Å². The fourth-order valence-electron chi connectivity index (χ4n) is 2.93. The third kappa shape index (κ3) is 3.60. The lowest BCUT2D eigenvalue weighted by atomic mass is 10.0. The summed E-state index contributed by atoms with van der Waals surface area (Å²) >= 11 is 0. The number of nitrogens with one attached hydrogen (secondary N) is 1. The molecular formula is C23H20N2O2. The Morgan fingerprint density at radius 2 is 1.70 bits per heavy atom. The largest absolute Gasteiger partial charge is 0.436 e. The number of fused-ring (bicyclic) bond motifs is 1. The highest BCUT2D eigenvalue weighted by molar-refractivity contribution is 6.04. The molecule has 27 heavy (non-hydrogen) atoms. The number of hydrogen-bond acceptors (Lipinski definition) is 3. The molecule has 1 aromatic heterocycles. The van der Waals surface area contributed by atoms with E-state index in [4.69, 9.17) is 4.42 Å². The highest BCUT2D eigenvalue weighted by atomic mass is 16.3. The summed E-state index contributed by atoms with van der Waals surface area (Å²) in [5, 5.41) is 2.92. The van der Waals surface area contributed by atoms with Gasteiger partial charge in [-0.05, 0) is 47.9 Å². The second-order valence-electron chi connectivity index (χ2n) is 6.80. The summed E-state index contributed by atoms with van der Waals surface area (Å²) in [6.45, 7) is 4.26. The van der Waals surface area contributed by atoms with E-state index >= 15 is 0 Å². The Labute approximate surface area is 157 Å². The lowest BCUT2D eigenvalue weighted by molar-refractivity contribution is 0.102. The van der Waals surface area contributed by atoms with Crippen LogP contribution in [0, 0.1) is 0 Å². The Bertz CT molecular complexity index is 1080. The van der Waals surface area contributed by atoms with E-state index in [0.29, 0.717) is 28.6 Å². The third-order valence-corrected chi connectivity index (χ3v) is 4.51. The molecular weight excluding hydrogens is 336 g/mol. The maximum atomic E-state index is 12.5. The van der Waals surface area contributed by atoms with Gasteiger partial charge in [-0.3, -0.25) is 4.79 Å². The van der Waals surface area contributed by atoms with Crippen molar-refractivity contribution in [2.24, 2.45) is 0 Å². The van der Waals surface area contributed by atoms with Crippen LogP contribution in [0.4, 0.5) is 5.69 Å². The number of rotatable bonds is 4. The van der Waals surface area contributed by atoms with Gasteiger partial charge in [0, 0.05) is 22.9 Å². The molecule has 0 aliphatic carbocycles. The van der Waals surface area contributed by atoms with Crippen molar-refractivity contribution < 1.29 is 9.21 Å². The second kappa shape index (κ2) is 7.08. The molecule has 4 aromatic rings. The predicted octanol–water partition coefficient (Wildman–Crippen LogP) is 5.87. The van der Waals surface area contributed by atoms with E-state index < -0.39 is 0 Å². The first-order chi connectivity index (χ1) is 13.1. The lowest BCUT2D eigenvalue weighted by Gasteiger charge is -2.08. The number of aromatic nitrogens is 1. The monoisotopic (exact) mass is 356 g/mol. The zero-order valence-corrected chi connectivity index (χ0v) is 15.3. The number of hydrogen-bond donors (Lipinski definition) is 1. The van der Waals surface area contributed by atoms with Gasteiger partial charge < -0.3 is 9.73 Å². The third-order valence-electron chi connectivity index (χ3n) is 4.51. The average Bonchev–Trinajstić information content (AvgIpc) is 3.12. The SMILES string of the molecule is CC(C)c1ccc(C(=O)Nc2ccc3nc(-c4ccccc4)oc3c2)cc1. The Hall–Kier alpha value is -3.40. The summed E-state index contributed by atoms with van der Waals surface area (Å²) in [6, 6.07) is 22.9. The minimum atomic E-state index is -0.146. The number of nitrogens with zero attached hydrogens (tertiary/aromatic N) is 1. The van der Waals surface area contributed by atoms with Gasteiger partial charge in [0.05, 0.1) is 0 Å². The van der Waals surface area contributed by atoms with Gasteiger partial charge in [-0.1, -0.05) is 44.2 Å². The van der Waals surface area contributed by atoms with E-state index in [-0.39, 0.29) is 5.91 Å². The number of carbonyl (C=O) groups excluding carboxylic acids is 1. The Kier molecular flexibility index (Phi) is 4.47. The summed E-state index contributed by atoms with van der Waals surface area (Å²) in [7, 11) is 0. The summed E-state index contributed by atoms with van der Waals surface area (Å²) < 4.78 is 5.86. The molecule has 0 fully saturated rings. The van der Waals surface area contributed by atoms with Gasteiger partial charge in [0.2, 0.25) is 5.89 Å². The van der Waals surface area contributed by atoms with Crippen LogP contribution in [0.3, 0.4) is 0 Å². The van der Waals surface area contributed by atoms with Crippen molar-refractivity contribution in [3.8, 4) is 11.5 Å². The topological polar surface area (TPSA) is 55.1 Å². The van der Waals surface area contributed by atoms with E-state index in [1.165, 1.54) is 5.56 Å². The highest BCUT2D eigenvalue weighted by Crippen LogP contribution is 2.26. The van der Waals surface area contributed by atoms with Gasteiger partial charge in [-0.25, -0.2) is 4.98 Å². The van der Waals surface area contributed by atoms with E-state index in [0.717, 1.165) is 11.1 Å². The Morgan fingerprint density at radius 3 is 2.41 bits per heavy atom. The Morgan fingerprint density at radius 1 is 0.963 bits per heavy atom. The quantitative estimate of drug-likeness (QED) is 0.497. The minimum absolute atomic E-state index is 0.146. The molecule has 0 atom stereocenters. The first kappa shape index (κ1) is 17.0. The molecule has 1 amide bonds. The first-order valence-corrected chi connectivity index (χ1v) is 8.97. The number of amides is 1. The molecule has 134 valence electrons. The van der Waals surface area contributed by atoms with Gasteiger partial charge in [0.25, 0.3) is 5.91 Å². The van der Waals surface area contributed by atoms with E-state index in [2.05, 4.69) is 24.1 Å². The van der Waals surface area contributed by atoms with Crippen LogP contribution in [0.15, 0.2) is 77.2 Å². The fourth-order valence-corrected chi connectivity index (χ4v) is 2.93. The Balaban J connectivity index is 1.56. The molecule has 0 spiro atoms. The minimum Gasteiger partial charge on any atom is -0.436 e. The molecule has 4 nitrogen and oxygen atoms in total. The molecule has 0 bridgehead atoms. The van der Waals surface area contributed by atoms with E-state index in [9.17, 15) is 4.79 Å². The number of carbonyl (C=O) groups is 1. The number of benzene rings is 3. The zero-order valence-electron chi connectivity index (χ0n) is 15.3. The maximum absolute atomic E-state index is 12.5. The van der Waals surface area contributed by atoms with Gasteiger partial charge in [-0.2, -0.15) is 0 Å². The molecule has 1 N–H and O–H groups in total. The summed E-state index contributed by atoms with van der Waals surface area (Å²) in [6.07, 6.45) is 0. The van der Waals surface area contributed by atoms with Gasteiger partial charge in [0.15, 0.2) is 5.58 Å². The zero-order chi connectivity index (χ0) is 18.8.